The van der Waals surface area contributed by atoms with Gasteiger partial charge in [0.15, 0.2) is 0 Å². The molecule has 1 aliphatic heterocycles. The average Bonchev–Trinajstić information content (AvgIpc) is 2.74. The number of rotatable bonds is 7. The van der Waals surface area contributed by atoms with Crippen molar-refractivity contribution in [3.05, 3.63) is 47.9 Å². The van der Waals surface area contributed by atoms with Crippen LogP contribution in [0.1, 0.15) is 20.8 Å². The van der Waals surface area contributed by atoms with Crippen molar-refractivity contribution in [2.45, 2.75) is 0 Å². The van der Waals surface area contributed by atoms with Gasteiger partial charge in [-0.2, -0.15) is 0 Å². The predicted octanol–water partition coefficient (Wildman–Crippen LogP) is 1.26. The summed E-state index contributed by atoms with van der Waals surface area (Å²) in [6, 6.07) is 8.21. The summed E-state index contributed by atoms with van der Waals surface area (Å²) in [5, 5.41) is 5.90. The van der Waals surface area contributed by atoms with Crippen molar-refractivity contribution < 1.29 is 19.1 Å². The van der Waals surface area contributed by atoms with E-state index in [9.17, 15) is 9.59 Å². The lowest BCUT2D eigenvalue weighted by atomic mass is 10.1. The lowest BCUT2D eigenvalue weighted by molar-refractivity contribution is 0.0398. The Hall–Kier alpha value is -3.04. The summed E-state index contributed by atoms with van der Waals surface area (Å²) in [4.78, 5) is 34.9. The second kappa shape index (κ2) is 9.77. The van der Waals surface area contributed by atoms with Gasteiger partial charge < -0.3 is 20.1 Å². The van der Waals surface area contributed by atoms with E-state index in [0.717, 1.165) is 32.8 Å². The molecule has 2 heterocycles. The quantitative estimate of drug-likeness (QED) is 0.686. The highest BCUT2D eigenvalue weighted by Crippen LogP contribution is 2.17. The third-order valence-corrected chi connectivity index (χ3v) is 4.32. The van der Waals surface area contributed by atoms with Crippen molar-refractivity contribution in [2.24, 2.45) is 0 Å². The van der Waals surface area contributed by atoms with Crippen LogP contribution in [0, 0.1) is 0 Å². The molecule has 0 aliphatic carbocycles. The van der Waals surface area contributed by atoms with Crippen molar-refractivity contribution in [3.8, 4) is 0 Å². The first-order valence-electron chi connectivity index (χ1n) is 9.02. The number of anilines is 2. The third kappa shape index (κ3) is 5.24. The number of morpholine rings is 1. The van der Waals surface area contributed by atoms with Crippen molar-refractivity contribution in [1.82, 2.24) is 14.9 Å². The fraction of sp³-hybridized carbons (Fsp3) is 0.368. The van der Waals surface area contributed by atoms with Gasteiger partial charge in [0.05, 0.1) is 31.6 Å². The second-order valence-electron chi connectivity index (χ2n) is 6.16. The van der Waals surface area contributed by atoms with Gasteiger partial charge in [0.1, 0.15) is 17.8 Å². The first-order valence-corrected chi connectivity index (χ1v) is 9.02. The topological polar surface area (TPSA) is 106 Å². The Morgan fingerprint density at radius 2 is 2.00 bits per heavy atom. The molecule has 1 aromatic carbocycles. The van der Waals surface area contributed by atoms with Crippen molar-refractivity contribution in [1.29, 1.82) is 0 Å². The van der Waals surface area contributed by atoms with Gasteiger partial charge in [-0.1, -0.05) is 12.1 Å². The molecule has 0 radical (unpaired) electrons. The van der Waals surface area contributed by atoms with Crippen LogP contribution < -0.4 is 10.6 Å². The van der Waals surface area contributed by atoms with Crippen molar-refractivity contribution in [2.75, 3.05) is 57.1 Å². The van der Waals surface area contributed by atoms with Crippen LogP contribution in [0.3, 0.4) is 0 Å². The average molecular weight is 385 g/mol. The van der Waals surface area contributed by atoms with Gasteiger partial charge in [0.25, 0.3) is 5.91 Å². The molecule has 3 rings (SSSR count). The minimum Gasteiger partial charge on any atom is -0.465 e. The fourth-order valence-electron chi connectivity index (χ4n) is 2.81. The molecule has 9 heteroatoms. The molecule has 28 heavy (non-hydrogen) atoms. The maximum atomic E-state index is 12.5. The Morgan fingerprint density at radius 3 is 2.79 bits per heavy atom. The normalized spacial score (nSPS) is 14.3. The Bertz CT molecular complexity index is 823. The molecule has 1 aliphatic rings. The van der Waals surface area contributed by atoms with Crippen LogP contribution in [0.2, 0.25) is 0 Å². The van der Waals surface area contributed by atoms with Crippen LogP contribution in [-0.4, -0.2) is 73.2 Å². The van der Waals surface area contributed by atoms with Gasteiger partial charge in [-0.25, -0.2) is 14.8 Å². The number of para-hydroxylation sites is 1. The van der Waals surface area contributed by atoms with Crippen molar-refractivity contribution in [3.63, 3.8) is 0 Å². The Labute approximate surface area is 163 Å². The van der Waals surface area contributed by atoms with Gasteiger partial charge in [0.2, 0.25) is 0 Å². The van der Waals surface area contributed by atoms with E-state index < -0.39 is 11.9 Å². The number of hydrogen-bond donors (Lipinski definition) is 2. The van der Waals surface area contributed by atoms with Crippen LogP contribution in [0.25, 0.3) is 0 Å². The summed E-state index contributed by atoms with van der Waals surface area (Å²) in [5.41, 5.74) is 0.833. The fourth-order valence-corrected chi connectivity index (χ4v) is 2.81. The summed E-state index contributed by atoms with van der Waals surface area (Å²) >= 11 is 0. The maximum absolute atomic E-state index is 12.5. The Kier molecular flexibility index (Phi) is 6.88. The number of nitrogens with zero attached hydrogens (tertiary/aromatic N) is 3. The van der Waals surface area contributed by atoms with Gasteiger partial charge in [-0.05, 0) is 12.1 Å². The molecule has 0 saturated carbocycles. The number of methoxy groups -OCH3 is 1. The standard InChI is InChI=1S/C19H23N5O4/c1-27-19(26)14-4-2-3-5-15(14)23-18(25)16-12-17(22-13-21-16)20-6-7-24-8-10-28-11-9-24/h2-5,12-13H,6-11H2,1H3,(H,23,25)(H,20,21,22). The summed E-state index contributed by atoms with van der Waals surface area (Å²) in [6.45, 7) is 4.90. The second-order valence-corrected chi connectivity index (χ2v) is 6.16. The third-order valence-electron chi connectivity index (χ3n) is 4.32. The zero-order valence-corrected chi connectivity index (χ0v) is 15.7. The number of amides is 1. The van der Waals surface area contributed by atoms with Crippen LogP contribution >= 0.6 is 0 Å². The van der Waals surface area contributed by atoms with E-state index in [-0.39, 0.29) is 11.3 Å². The highest BCUT2D eigenvalue weighted by Gasteiger charge is 2.16. The molecule has 0 unspecified atom stereocenters. The van der Waals surface area contributed by atoms with E-state index in [4.69, 9.17) is 9.47 Å². The predicted molar refractivity (Wildman–Crippen MR) is 104 cm³/mol. The van der Waals surface area contributed by atoms with E-state index >= 15 is 0 Å². The molecule has 1 amide bonds. The Morgan fingerprint density at radius 1 is 1.21 bits per heavy atom. The van der Waals surface area contributed by atoms with E-state index in [0.29, 0.717) is 18.1 Å². The summed E-state index contributed by atoms with van der Waals surface area (Å²) in [5.74, 6) is -0.395. The molecular weight excluding hydrogens is 362 g/mol. The maximum Gasteiger partial charge on any atom is 0.339 e. The minimum atomic E-state index is -0.524. The molecule has 1 fully saturated rings. The summed E-state index contributed by atoms with van der Waals surface area (Å²) in [7, 11) is 1.29. The highest BCUT2D eigenvalue weighted by atomic mass is 16.5. The summed E-state index contributed by atoms with van der Waals surface area (Å²) in [6.07, 6.45) is 1.33. The van der Waals surface area contributed by atoms with E-state index in [1.54, 1.807) is 30.3 Å². The number of ether oxygens (including phenoxy) is 2. The lowest BCUT2D eigenvalue weighted by Crippen LogP contribution is -2.39. The molecule has 1 aromatic heterocycles. The zero-order chi connectivity index (χ0) is 19.8. The first-order chi connectivity index (χ1) is 13.7. The number of esters is 1. The summed E-state index contributed by atoms with van der Waals surface area (Å²) < 4.78 is 10.1. The number of carbonyl (C=O) groups excluding carboxylic acids is 2. The van der Waals surface area contributed by atoms with Crippen LogP contribution in [0.15, 0.2) is 36.7 Å². The number of carbonyl (C=O) groups is 2. The van der Waals surface area contributed by atoms with Gasteiger partial charge in [-0.3, -0.25) is 9.69 Å². The van der Waals surface area contributed by atoms with Crippen molar-refractivity contribution >= 4 is 23.4 Å². The number of nitrogens with one attached hydrogen (secondary N) is 2. The van der Waals surface area contributed by atoms with Crippen LogP contribution in [0.5, 0.6) is 0 Å². The molecule has 0 bridgehead atoms. The highest BCUT2D eigenvalue weighted by molar-refractivity contribution is 6.07. The van der Waals surface area contributed by atoms with Crippen LogP contribution in [0.4, 0.5) is 11.5 Å². The molecule has 0 spiro atoms. The molecule has 9 nitrogen and oxygen atoms in total. The first kappa shape index (κ1) is 19.7. The largest absolute Gasteiger partial charge is 0.465 e. The minimum absolute atomic E-state index is 0.198. The molecule has 148 valence electrons. The van der Waals surface area contributed by atoms with E-state index in [1.165, 1.54) is 13.4 Å². The monoisotopic (exact) mass is 385 g/mol. The molecule has 1 saturated heterocycles. The molecular formula is C19H23N5O4. The SMILES string of the molecule is COC(=O)c1ccccc1NC(=O)c1cc(NCCN2CCOCC2)ncn1. The lowest BCUT2D eigenvalue weighted by Gasteiger charge is -2.26. The van der Waals surface area contributed by atoms with Gasteiger partial charge >= 0.3 is 5.97 Å². The van der Waals surface area contributed by atoms with Crippen LogP contribution in [-0.2, 0) is 9.47 Å². The number of aromatic nitrogens is 2. The van der Waals surface area contributed by atoms with Gasteiger partial charge in [0, 0.05) is 32.2 Å². The molecule has 0 atom stereocenters. The smallest absolute Gasteiger partial charge is 0.339 e. The molecule has 2 N–H and O–H groups in total. The molecule has 2 aromatic rings. The number of benzene rings is 1. The van der Waals surface area contributed by atoms with E-state index in [2.05, 4.69) is 25.5 Å². The number of hydrogen-bond acceptors (Lipinski definition) is 8. The van der Waals surface area contributed by atoms with E-state index in [1.807, 2.05) is 0 Å². The Balaban J connectivity index is 1.60. The van der Waals surface area contributed by atoms with Gasteiger partial charge in [-0.15, -0.1) is 0 Å². The zero-order valence-electron chi connectivity index (χ0n) is 15.7.